The second kappa shape index (κ2) is 5.94. The lowest BCUT2D eigenvalue weighted by molar-refractivity contribution is -0.130. The molecule has 0 aromatic heterocycles. The van der Waals surface area contributed by atoms with Crippen LogP contribution in [0.2, 0.25) is 0 Å². The van der Waals surface area contributed by atoms with E-state index < -0.39 is 5.54 Å². The third-order valence-corrected chi connectivity index (χ3v) is 4.30. The van der Waals surface area contributed by atoms with Gasteiger partial charge in [-0.05, 0) is 50.3 Å². The third kappa shape index (κ3) is 3.02. The molecule has 1 aromatic carbocycles. The molecule has 3 N–H and O–H groups in total. The molecule has 1 aliphatic heterocycles. The minimum absolute atomic E-state index is 0.0364. The molecule has 0 bridgehead atoms. The Kier molecular flexibility index (Phi) is 4.45. The van der Waals surface area contributed by atoms with Gasteiger partial charge in [0.2, 0.25) is 5.91 Å². The number of ether oxygens (including phenoxy) is 1. The van der Waals surface area contributed by atoms with Crippen LogP contribution in [0, 0.1) is 13.8 Å². The van der Waals surface area contributed by atoms with Crippen LogP contribution in [0.25, 0.3) is 0 Å². The summed E-state index contributed by atoms with van der Waals surface area (Å²) < 4.78 is 5.28. The highest BCUT2D eigenvalue weighted by Crippen LogP contribution is 2.23. The maximum absolute atomic E-state index is 12.4. The molecule has 4 heteroatoms. The molecule has 110 valence electrons. The summed E-state index contributed by atoms with van der Waals surface area (Å²) >= 11 is 0. The predicted octanol–water partition coefficient (Wildman–Crippen LogP) is 1.99. The Labute approximate surface area is 120 Å². The summed E-state index contributed by atoms with van der Waals surface area (Å²) in [4.78, 5) is 12.4. The van der Waals surface area contributed by atoms with Crippen LogP contribution in [0.5, 0.6) is 0 Å². The van der Waals surface area contributed by atoms with Crippen molar-refractivity contribution in [3.8, 4) is 0 Å². The summed E-state index contributed by atoms with van der Waals surface area (Å²) in [5, 5.41) is 3.05. The largest absolute Gasteiger partial charge is 0.381 e. The van der Waals surface area contributed by atoms with E-state index >= 15 is 0 Å². The summed E-state index contributed by atoms with van der Waals surface area (Å²) in [6.45, 7) is 7.28. The van der Waals surface area contributed by atoms with Crippen molar-refractivity contribution in [2.24, 2.45) is 5.73 Å². The van der Waals surface area contributed by atoms with Crippen molar-refractivity contribution in [3.63, 3.8) is 0 Å². The number of nitrogens with one attached hydrogen (secondary N) is 1. The Balaban J connectivity index is 2.09. The molecule has 1 fully saturated rings. The molecule has 20 heavy (non-hydrogen) atoms. The number of hydrogen-bond acceptors (Lipinski definition) is 3. The van der Waals surface area contributed by atoms with Gasteiger partial charge in [0.05, 0.1) is 11.6 Å². The zero-order valence-electron chi connectivity index (χ0n) is 12.5. The fourth-order valence-corrected chi connectivity index (χ4v) is 2.62. The molecule has 0 spiro atoms. The third-order valence-electron chi connectivity index (χ3n) is 4.30. The van der Waals surface area contributed by atoms with E-state index in [-0.39, 0.29) is 11.9 Å². The number of amides is 1. The minimum Gasteiger partial charge on any atom is -0.381 e. The Morgan fingerprint density at radius 1 is 1.35 bits per heavy atom. The van der Waals surface area contributed by atoms with E-state index in [2.05, 4.69) is 31.3 Å². The van der Waals surface area contributed by atoms with E-state index in [1.165, 1.54) is 11.1 Å². The summed E-state index contributed by atoms with van der Waals surface area (Å²) in [6, 6.07) is 6.12. The van der Waals surface area contributed by atoms with Crippen molar-refractivity contribution in [2.75, 3.05) is 13.2 Å². The molecule has 0 aliphatic carbocycles. The molecule has 1 amide bonds. The first-order valence-corrected chi connectivity index (χ1v) is 7.18. The van der Waals surface area contributed by atoms with Gasteiger partial charge in [-0.1, -0.05) is 18.2 Å². The van der Waals surface area contributed by atoms with E-state index in [4.69, 9.17) is 10.5 Å². The van der Waals surface area contributed by atoms with Crippen LogP contribution in [-0.4, -0.2) is 24.7 Å². The highest BCUT2D eigenvalue weighted by Gasteiger charge is 2.36. The molecule has 1 saturated heterocycles. The van der Waals surface area contributed by atoms with Gasteiger partial charge in [0.15, 0.2) is 0 Å². The van der Waals surface area contributed by atoms with Crippen molar-refractivity contribution in [1.29, 1.82) is 0 Å². The Morgan fingerprint density at radius 2 is 2.00 bits per heavy atom. The molecule has 1 unspecified atom stereocenters. The molecule has 0 radical (unpaired) electrons. The van der Waals surface area contributed by atoms with E-state index in [1.807, 2.05) is 13.0 Å². The smallest absolute Gasteiger partial charge is 0.240 e. The maximum atomic E-state index is 12.4. The molecule has 1 atom stereocenters. The van der Waals surface area contributed by atoms with Gasteiger partial charge in [0.1, 0.15) is 0 Å². The van der Waals surface area contributed by atoms with Crippen LogP contribution in [0.4, 0.5) is 0 Å². The lowest BCUT2D eigenvalue weighted by Gasteiger charge is -2.33. The van der Waals surface area contributed by atoms with Crippen molar-refractivity contribution in [2.45, 2.75) is 45.2 Å². The topological polar surface area (TPSA) is 64.4 Å². The standard InChI is InChI=1S/C16H24N2O2/c1-11-5-4-6-14(12(11)2)13(3)18-15(19)16(17)7-9-20-10-8-16/h4-6,13H,7-10,17H2,1-3H3,(H,18,19). The lowest BCUT2D eigenvalue weighted by Crippen LogP contribution is -2.57. The molecule has 1 aromatic rings. The van der Waals surface area contributed by atoms with Gasteiger partial charge in [-0.15, -0.1) is 0 Å². The second-order valence-corrected chi connectivity index (χ2v) is 5.75. The van der Waals surface area contributed by atoms with Gasteiger partial charge in [-0.25, -0.2) is 0 Å². The van der Waals surface area contributed by atoms with Crippen molar-refractivity contribution >= 4 is 5.91 Å². The fourth-order valence-electron chi connectivity index (χ4n) is 2.62. The van der Waals surface area contributed by atoms with Crippen molar-refractivity contribution in [3.05, 3.63) is 34.9 Å². The molecular weight excluding hydrogens is 252 g/mol. The summed E-state index contributed by atoms with van der Waals surface area (Å²) in [7, 11) is 0. The number of benzene rings is 1. The number of hydrogen-bond donors (Lipinski definition) is 2. The molecule has 4 nitrogen and oxygen atoms in total. The second-order valence-electron chi connectivity index (χ2n) is 5.75. The first-order valence-electron chi connectivity index (χ1n) is 7.18. The van der Waals surface area contributed by atoms with Gasteiger partial charge in [-0.3, -0.25) is 4.79 Å². The molecule has 1 aliphatic rings. The number of nitrogens with two attached hydrogens (primary N) is 1. The van der Waals surface area contributed by atoms with Crippen LogP contribution < -0.4 is 11.1 Å². The first kappa shape index (κ1) is 15.0. The van der Waals surface area contributed by atoms with Crippen LogP contribution in [0.1, 0.15) is 42.5 Å². The van der Waals surface area contributed by atoms with E-state index in [9.17, 15) is 4.79 Å². The Hall–Kier alpha value is -1.39. The Morgan fingerprint density at radius 3 is 2.65 bits per heavy atom. The predicted molar refractivity (Wildman–Crippen MR) is 79.4 cm³/mol. The van der Waals surface area contributed by atoms with E-state index in [1.54, 1.807) is 0 Å². The number of rotatable bonds is 3. The monoisotopic (exact) mass is 276 g/mol. The average molecular weight is 276 g/mol. The zero-order valence-corrected chi connectivity index (χ0v) is 12.5. The molecule has 0 saturated carbocycles. The summed E-state index contributed by atoms with van der Waals surface area (Å²) in [6.07, 6.45) is 1.16. The van der Waals surface area contributed by atoms with Gasteiger partial charge in [-0.2, -0.15) is 0 Å². The number of aryl methyl sites for hydroxylation is 1. The van der Waals surface area contributed by atoms with Crippen molar-refractivity contribution in [1.82, 2.24) is 5.32 Å². The summed E-state index contributed by atoms with van der Waals surface area (Å²) in [5.41, 5.74) is 9.02. The first-order chi connectivity index (χ1) is 9.44. The van der Waals surface area contributed by atoms with E-state index in [0.717, 1.165) is 5.56 Å². The van der Waals surface area contributed by atoms with Crippen LogP contribution in [0.15, 0.2) is 18.2 Å². The Bertz CT molecular complexity index is 493. The molecule has 1 heterocycles. The highest BCUT2D eigenvalue weighted by atomic mass is 16.5. The minimum atomic E-state index is -0.787. The van der Waals surface area contributed by atoms with Crippen LogP contribution in [0.3, 0.4) is 0 Å². The van der Waals surface area contributed by atoms with Gasteiger partial charge >= 0.3 is 0 Å². The quantitative estimate of drug-likeness (QED) is 0.887. The lowest BCUT2D eigenvalue weighted by atomic mass is 9.89. The van der Waals surface area contributed by atoms with Crippen LogP contribution >= 0.6 is 0 Å². The maximum Gasteiger partial charge on any atom is 0.240 e. The van der Waals surface area contributed by atoms with Gasteiger partial charge in [0.25, 0.3) is 0 Å². The van der Waals surface area contributed by atoms with Crippen LogP contribution in [-0.2, 0) is 9.53 Å². The number of carbonyl (C=O) groups excluding carboxylic acids is 1. The summed E-state index contributed by atoms with van der Waals surface area (Å²) in [5.74, 6) is -0.0748. The van der Waals surface area contributed by atoms with Gasteiger partial charge < -0.3 is 15.8 Å². The van der Waals surface area contributed by atoms with Crippen molar-refractivity contribution < 1.29 is 9.53 Å². The highest BCUT2D eigenvalue weighted by molar-refractivity contribution is 5.86. The fraction of sp³-hybridized carbons (Fsp3) is 0.562. The van der Waals surface area contributed by atoms with E-state index in [0.29, 0.717) is 26.1 Å². The molecular formula is C16H24N2O2. The zero-order chi connectivity index (χ0) is 14.8. The van der Waals surface area contributed by atoms with Gasteiger partial charge in [0, 0.05) is 13.2 Å². The normalized spacial score (nSPS) is 19.4. The average Bonchev–Trinajstić information content (AvgIpc) is 2.42. The SMILES string of the molecule is Cc1cccc(C(C)NC(=O)C2(N)CCOCC2)c1C. The molecule has 2 rings (SSSR count). The number of carbonyl (C=O) groups is 1.